The average molecular weight is 276 g/mol. The van der Waals surface area contributed by atoms with Crippen LogP contribution in [0.15, 0.2) is 18.3 Å². The lowest BCUT2D eigenvalue weighted by molar-refractivity contribution is -0.139. The molecule has 0 radical (unpaired) electrons. The summed E-state index contributed by atoms with van der Waals surface area (Å²) in [5.74, 6) is -1.10. The van der Waals surface area contributed by atoms with Gasteiger partial charge in [0.2, 0.25) is 0 Å². The second-order valence-corrected chi connectivity index (χ2v) is 5.55. The Labute approximate surface area is 118 Å². The van der Waals surface area contributed by atoms with Gasteiger partial charge in [-0.15, -0.1) is 0 Å². The van der Waals surface area contributed by atoms with Crippen LogP contribution in [0, 0.1) is 6.92 Å². The minimum atomic E-state index is -0.866. The maximum atomic E-state index is 12.3. The van der Waals surface area contributed by atoms with Gasteiger partial charge in [0.25, 0.3) is 5.91 Å². The summed E-state index contributed by atoms with van der Waals surface area (Å²) in [5, 5.41) is 12.0. The van der Waals surface area contributed by atoms with Gasteiger partial charge in [0.1, 0.15) is 0 Å². The molecule has 1 heterocycles. The van der Waals surface area contributed by atoms with Gasteiger partial charge in [-0.1, -0.05) is 19.3 Å². The first-order chi connectivity index (χ1) is 9.51. The van der Waals surface area contributed by atoms with Gasteiger partial charge in [0.15, 0.2) is 0 Å². The summed E-state index contributed by atoms with van der Waals surface area (Å²) in [5.41, 5.74) is 0.719. The van der Waals surface area contributed by atoms with E-state index in [1.54, 1.807) is 12.1 Å². The van der Waals surface area contributed by atoms with Crippen LogP contribution >= 0.6 is 0 Å². The molecule has 5 nitrogen and oxygen atoms in total. The molecule has 1 amide bonds. The van der Waals surface area contributed by atoms with Crippen LogP contribution in [0.3, 0.4) is 0 Å². The molecule has 1 aliphatic rings. The number of aryl methyl sites for hydroxylation is 1. The first-order valence-corrected chi connectivity index (χ1v) is 6.98. The fourth-order valence-corrected chi connectivity index (χ4v) is 2.78. The number of carboxylic acids is 1. The molecule has 0 aliphatic heterocycles. The molecule has 1 aromatic heterocycles. The molecule has 1 aliphatic carbocycles. The van der Waals surface area contributed by atoms with Crippen molar-refractivity contribution in [3.63, 3.8) is 0 Å². The highest BCUT2D eigenvalue weighted by Gasteiger charge is 2.36. The number of aliphatic carboxylic acids is 1. The van der Waals surface area contributed by atoms with Crippen molar-refractivity contribution >= 4 is 11.9 Å². The van der Waals surface area contributed by atoms with Gasteiger partial charge >= 0.3 is 5.97 Å². The summed E-state index contributed by atoms with van der Waals surface area (Å²) in [7, 11) is 0. The van der Waals surface area contributed by atoms with Crippen molar-refractivity contribution in [2.75, 3.05) is 0 Å². The molecule has 108 valence electrons. The van der Waals surface area contributed by atoms with Crippen molar-refractivity contribution < 1.29 is 14.7 Å². The molecular weight excluding hydrogens is 256 g/mol. The van der Waals surface area contributed by atoms with Crippen LogP contribution in [0.1, 0.15) is 54.6 Å². The maximum Gasteiger partial charge on any atom is 0.305 e. The molecule has 0 atom stereocenters. The summed E-state index contributed by atoms with van der Waals surface area (Å²) < 4.78 is 0. The quantitative estimate of drug-likeness (QED) is 0.884. The van der Waals surface area contributed by atoms with E-state index in [2.05, 4.69) is 10.3 Å². The van der Waals surface area contributed by atoms with E-state index in [-0.39, 0.29) is 12.3 Å². The number of carboxylic acid groups (broad SMARTS) is 1. The number of rotatable bonds is 4. The molecule has 0 saturated heterocycles. The summed E-state index contributed by atoms with van der Waals surface area (Å²) in [6, 6.07) is 3.49. The predicted octanol–water partition coefficient (Wildman–Crippen LogP) is 2.30. The second kappa shape index (κ2) is 6.03. The van der Waals surface area contributed by atoms with Gasteiger partial charge in [-0.05, 0) is 31.9 Å². The van der Waals surface area contributed by atoms with Crippen LogP contribution in [0.5, 0.6) is 0 Å². The molecule has 0 bridgehead atoms. The number of aromatic nitrogens is 1. The lowest BCUT2D eigenvalue weighted by Gasteiger charge is -2.37. The van der Waals surface area contributed by atoms with Crippen molar-refractivity contribution in [1.82, 2.24) is 10.3 Å². The Bertz CT molecular complexity index is 490. The van der Waals surface area contributed by atoms with E-state index in [9.17, 15) is 9.59 Å². The van der Waals surface area contributed by atoms with E-state index in [0.29, 0.717) is 5.56 Å². The molecule has 0 spiro atoms. The van der Waals surface area contributed by atoms with Gasteiger partial charge in [0.05, 0.1) is 17.5 Å². The Morgan fingerprint density at radius 2 is 2.00 bits per heavy atom. The van der Waals surface area contributed by atoms with Crippen molar-refractivity contribution in [2.24, 2.45) is 0 Å². The van der Waals surface area contributed by atoms with Crippen molar-refractivity contribution in [3.05, 3.63) is 29.6 Å². The Kier molecular flexibility index (Phi) is 4.37. The second-order valence-electron chi connectivity index (χ2n) is 5.55. The first-order valence-electron chi connectivity index (χ1n) is 6.98. The zero-order chi connectivity index (χ0) is 14.6. The number of carbonyl (C=O) groups excluding carboxylic acids is 1. The van der Waals surface area contributed by atoms with Gasteiger partial charge < -0.3 is 10.4 Å². The number of nitrogens with one attached hydrogen (secondary N) is 1. The summed E-state index contributed by atoms with van der Waals surface area (Å²) in [6.07, 6.45) is 5.98. The molecule has 2 N–H and O–H groups in total. The van der Waals surface area contributed by atoms with Gasteiger partial charge in [-0.3, -0.25) is 14.6 Å². The highest BCUT2D eigenvalue weighted by atomic mass is 16.4. The topological polar surface area (TPSA) is 79.3 Å². The minimum Gasteiger partial charge on any atom is -0.481 e. The Balaban J connectivity index is 2.12. The molecular formula is C15H20N2O3. The molecule has 20 heavy (non-hydrogen) atoms. The summed E-state index contributed by atoms with van der Waals surface area (Å²) in [6.45, 7) is 1.86. The van der Waals surface area contributed by atoms with E-state index in [4.69, 9.17) is 5.11 Å². The SMILES string of the molecule is Cc1ccc(C(=O)NC2(CC(=O)O)CCCCC2)cn1. The number of pyridine rings is 1. The zero-order valence-corrected chi connectivity index (χ0v) is 11.7. The number of carbonyl (C=O) groups is 2. The van der Waals surface area contributed by atoms with E-state index < -0.39 is 11.5 Å². The van der Waals surface area contributed by atoms with Crippen LogP contribution in [-0.4, -0.2) is 27.5 Å². The van der Waals surface area contributed by atoms with Gasteiger partial charge in [-0.2, -0.15) is 0 Å². The molecule has 1 aromatic rings. The lowest BCUT2D eigenvalue weighted by Crippen LogP contribution is -2.51. The van der Waals surface area contributed by atoms with Crippen LogP contribution in [-0.2, 0) is 4.79 Å². The number of hydrogen-bond donors (Lipinski definition) is 2. The first kappa shape index (κ1) is 14.5. The normalized spacial score (nSPS) is 17.4. The van der Waals surface area contributed by atoms with E-state index in [1.807, 2.05) is 6.92 Å². The zero-order valence-electron chi connectivity index (χ0n) is 11.7. The largest absolute Gasteiger partial charge is 0.481 e. The van der Waals surface area contributed by atoms with Crippen LogP contribution in [0.25, 0.3) is 0 Å². The highest BCUT2D eigenvalue weighted by molar-refractivity contribution is 5.94. The fraction of sp³-hybridized carbons (Fsp3) is 0.533. The third-order valence-corrected chi connectivity index (χ3v) is 3.85. The molecule has 0 aromatic carbocycles. The summed E-state index contributed by atoms with van der Waals surface area (Å²) in [4.78, 5) is 27.4. The van der Waals surface area contributed by atoms with Crippen molar-refractivity contribution in [2.45, 2.75) is 51.0 Å². The number of nitrogens with zero attached hydrogens (tertiary/aromatic N) is 1. The minimum absolute atomic E-state index is 0.0158. The third kappa shape index (κ3) is 3.56. The van der Waals surface area contributed by atoms with Crippen molar-refractivity contribution in [1.29, 1.82) is 0 Å². The lowest BCUT2D eigenvalue weighted by atomic mass is 9.79. The average Bonchev–Trinajstić information content (AvgIpc) is 2.39. The number of amides is 1. The third-order valence-electron chi connectivity index (χ3n) is 3.85. The van der Waals surface area contributed by atoms with Gasteiger partial charge in [0, 0.05) is 11.9 Å². The smallest absolute Gasteiger partial charge is 0.305 e. The highest BCUT2D eigenvalue weighted by Crippen LogP contribution is 2.31. The summed E-state index contributed by atoms with van der Waals surface area (Å²) >= 11 is 0. The van der Waals surface area contributed by atoms with Crippen LogP contribution < -0.4 is 5.32 Å². The van der Waals surface area contributed by atoms with Gasteiger partial charge in [-0.25, -0.2) is 0 Å². The van der Waals surface area contributed by atoms with E-state index >= 15 is 0 Å². The van der Waals surface area contributed by atoms with E-state index in [0.717, 1.165) is 37.8 Å². The van der Waals surface area contributed by atoms with Crippen LogP contribution in [0.4, 0.5) is 0 Å². The molecule has 2 rings (SSSR count). The molecule has 1 fully saturated rings. The Hall–Kier alpha value is -1.91. The predicted molar refractivity (Wildman–Crippen MR) is 74.5 cm³/mol. The molecule has 5 heteroatoms. The molecule has 0 unspecified atom stereocenters. The fourth-order valence-electron chi connectivity index (χ4n) is 2.78. The van der Waals surface area contributed by atoms with Crippen LogP contribution in [0.2, 0.25) is 0 Å². The van der Waals surface area contributed by atoms with Crippen molar-refractivity contribution in [3.8, 4) is 0 Å². The van der Waals surface area contributed by atoms with E-state index in [1.165, 1.54) is 6.20 Å². The molecule has 1 saturated carbocycles. The maximum absolute atomic E-state index is 12.3. The monoisotopic (exact) mass is 276 g/mol. The standard InChI is InChI=1S/C15H20N2O3/c1-11-5-6-12(10-16-11)14(20)17-15(9-13(18)19)7-3-2-4-8-15/h5-6,10H,2-4,7-9H2,1H3,(H,17,20)(H,18,19). The Morgan fingerprint density at radius 3 is 2.55 bits per heavy atom. The number of hydrogen-bond acceptors (Lipinski definition) is 3. The Morgan fingerprint density at radius 1 is 1.30 bits per heavy atom.